The molecule has 1 aromatic carbocycles. The van der Waals surface area contributed by atoms with E-state index in [9.17, 15) is 0 Å². The molecule has 1 N–H and O–H groups in total. The van der Waals surface area contributed by atoms with Crippen molar-refractivity contribution in [3.05, 3.63) is 53.5 Å². The minimum atomic E-state index is 0.218. The van der Waals surface area contributed by atoms with Crippen LogP contribution in [0, 0.1) is 12.8 Å². The van der Waals surface area contributed by atoms with Gasteiger partial charge in [-0.25, -0.2) is 0 Å². The van der Waals surface area contributed by atoms with Gasteiger partial charge in [0, 0.05) is 37.3 Å². The van der Waals surface area contributed by atoms with Crippen LogP contribution in [0.15, 0.2) is 40.9 Å². The molecule has 0 radical (unpaired) electrons. The molecule has 1 atom stereocenters. The molecule has 0 saturated heterocycles. The lowest BCUT2D eigenvalue weighted by atomic mass is 9.98. The molecule has 0 aliphatic carbocycles. The summed E-state index contributed by atoms with van der Waals surface area (Å²) in [4.78, 5) is 0. The van der Waals surface area contributed by atoms with Gasteiger partial charge in [-0.3, -0.25) is 4.68 Å². The van der Waals surface area contributed by atoms with Crippen LogP contribution in [-0.4, -0.2) is 16.3 Å². The van der Waals surface area contributed by atoms with Gasteiger partial charge in [-0.2, -0.15) is 5.10 Å². The van der Waals surface area contributed by atoms with Gasteiger partial charge in [-0.1, -0.05) is 32.0 Å². The van der Waals surface area contributed by atoms with E-state index in [2.05, 4.69) is 49.4 Å². The van der Waals surface area contributed by atoms with Crippen LogP contribution < -0.4 is 5.32 Å². The van der Waals surface area contributed by atoms with Crippen molar-refractivity contribution in [2.45, 2.75) is 33.2 Å². The zero-order chi connectivity index (χ0) is 16.4. The van der Waals surface area contributed by atoms with Gasteiger partial charge in [0.05, 0.1) is 6.04 Å². The third-order valence-corrected chi connectivity index (χ3v) is 4.50. The molecule has 4 nitrogen and oxygen atoms in total. The molecule has 2 heterocycles. The number of fused-ring (bicyclic) bond motifs is 1. The fraction of sp³-hybridized carbons (Fsp3) is 0.421. The smallest absolute Gasteiger partial charge is 0.134 e. The molecular weight excluding hydrogens is 286 g/mol. The summed E-state index contributed by atoms with van der Waals surface area (Å²) in [6.07, 6.45) is 2.80. The van der Waals surface area contributed by atoms with Crippen molar-refractivity contribution in [3.8, 4) is 0 Å². The molecule has 0 bridgehead atoms. The van der Waals surface area contributed by atoms with Crippen LogP contribution in [0.1, 0.15) is 36.9 Å². The predicted molar refractivity (Wildman–Crippen MR) is 93.4 cm³/mol. The first-order chi connectivity index (χ1) is 11.1. The zero-order valence-electron chi connectivity index (χ0n) is 14.3. The van der Waals surface area contributed by atoms with Gasteiger partial charge in [-0.15, -0.1) is 0 Å². The van der Waals surface area contributed by atoms with Crippen molar-refractivity contribution in [1.29, 1.82) is 0 Å². The molecule has 0 spiro atoms. The number of aryl methyl sites for hydroxylation is 2. The maximum Gasteiger partial charge on any atom is 0.134 e. The molecule has 3 aromatic rings. The highest BCUT2D eigenvalue weighted by molar-refractivity contribution is 5.82. The number of furan rings is 1. The summed E-state index contributed by atoms with van der Waals surface area (Å²) in [6.45, 7) is 7.51. The molecule has 0 fully saturated rings. The maximum atomic E-state index is 6.15. The fourth-order valence-corrected chi connectivity index (χ4v) is 3.12. The van der Waals surface area contributed by atoms with Gasteiger partial charge in [0.2, 0.25) is 0 Å². The summed E-state index contributed by atoms with van der Waals surface area (Å²) >= 11 is 0. The van der Waals surface area contributed by atoms with Gasteiger partial charge in [0.15, 0.2) is 0 Å². The summed E-state index contributed by atoms with van der Waals surface area (Å²) in [7, 11) is 1.98. The van der Waals surface area contributed by atoms with Crippen LogP contribution in [0.25, 0.3) is 11.0 Å². The highest BCUT2D eigenvalue weighted by Crippen LogP contribution is 2.32. The molecule has 1 unspecified atom stereocenters. The zero-order valence-corrected chi connectivity index (χ0v) is 14.3. The monoisotopic (exact) mass is 311 g/mol. The molecule has 0 saturated carbocycles. The predicted octanol–water partition coefficient (Wildman–Crippen LogP) is 4.00. The Morgan fingerprint density at radius 1 is 1.22 bits per heavy atom. The average molecular weight is 311 g/mol. The third-order valence-electron chi connectivity index (χ3n) is 4.50. The number of rotatable bonds is 6. The largest absolute Gasteiger partial charge is 0.459 e. The van der Waals surface area contributed by atoms with Crippen LogP contribution in [-0.2, 0) is 13.5 Å². The number of nitrogens with one attached hydrogen (secondary N) is 1. The summed E-state index contributed by atoms with van der Waals surface area (Å²) in [5.74, 6) is 1.52. The van der Waals surface area contributed by atoms with Crippen molar-refractivity contribution in [3.63, 3.8) is 0 Å². The van der Waals surface area contributed by atoms with E-state index in [-0.39, 0.29) is 6.04 Å². The molecule has 122 valence electrons. The summed E-state index contributed by atoms with van der Waals surface area (Å²) in [5.41, 5.74) is 3.45. The maximum absolute atomic E-state index is 6.15. The van der Waals surface area contributed by atoms with Crippen LogP contribution >= 0.6 is 0 Å². The van der Waals surface area contributed by atoms with E-state index >= 15 is 0 Å². The van der Waals surface area contributed by atoms with E-state index in [4.69, 9.17) is 4.42 Å². The highest BCUT2D eigenvalue weighted by Gasteiger charge is 2.22. The minimum Gasteiger partial charge on any atom is -0.459 e. The molecule has 23 heavy (non-hydrogen) atoms. The van der Waals surface area contributed by atoms with Crippen molar-refractivity contribution in [2.24, 2.45) is 13.0 Å². The summed E-state index contributed by atoms with van der Waals surface area (Å²) in [6, 6.07) is 10.5. The number of hydrogen-bond donors (Lipinski definition) is 1. The SMILES string of the molecule is Cc1c(C(NCCc2ccnn2C)C(C)C)oc2ccccc12. The first-order valence-electron chi connectivity index (χ1n) is 8.26. The molecule has 2 aromatic heterocycles. The topological polar surface area (TPSA) is 43.0 Å². The second kappa shape index (κ2) is 6.59. The third kappa shape index (κ3) is 3.17. The molecule has 0 aliphatic rings. The van der Waals surface area contributed by atoms with Crippen molar-refractivity contribution in [2.75, 3.05) is 6.54 Å². The van der Waals surface area contributed by atoms with E-state index in [0.717, 1.165) is 24.3 Å². The Kier molecular flexibility index (Phi) is 4.53. The van der Waals surface area contributed by atoms with Gasteiger partial charge < -0.3 is 9.73 Å². The lowest BCUT2D eigenvalue weighted by Crippen LogP contribution is -2.28. The molecule has 3 rings (SSSR count). The van der Waals surface area contributed by atoms with Crippen LogP contribution in [0.4, 0.5) is 0 Å². The second-order valence-electron chi connectivity index (χ2n) is 6.46. The average Bonchev–Trinajstić information content (AvgIpc) is 3.08. The lowest BCUT2D eigenvalue weighted by Gasteiger charge is -2.21. The number of para-hydroxylation sites is 1. The number of nitrogens with zero attached hydrogens (tertiary/aromatic N) is 2. The first-order valence-corrected chi connectivity index (χ1v) is 8.26. The van der Waals surface area contributed by atoms with Gasteiger partial charge in [-0.05, 0) is 30.5 Å². The highest BCUT2D eigenvalue weighted by atomic mass is 16.3. The van der Waals surface area contributed by atoms with Gasteiger partial charge in [0.25, 0.3) is 0 Å². The molecule has 0 amide bonds. The van der Waals surface area contributed by atoms with Crippen LogP contribution in [0.5, 0.6) is 0 Å². The van der Waals surface area contributed by atoms with E-state index in [1.54, 1.807) is 0 Å². The Morgan fingerprint density at radius 2 is 2.00 bits per heavy atom. The molecule has 4 heteroatoms. The lowest BCUT2D eigenvalue weighted by molar-refractivity contribution is 0.349. The summed E-state index contributed by atoms with van der Waals surface area (Å²) in [5, 5.41) is 9.10. The van der Waals surface area contributed by atoms with Gasteiger partial charge in [0.1, 0.15) is 11.3 Å². The van der Waals surface area contributed by atoms with E-state index in [1.807, 2.05) is 30.1 Å². The first kappa shape index (κ1) is 15.8. The van der Waals surface area contributed by atoms with Gasteiger partial charge >= 0.3 is 0 Å². The summed E-state index contributed by atoms with van der Waals surface area (Å²) < 4.78 is 8.08. The van der Waals surface area contributed by atoms with E-state index < -0.39 is 0 Å². The Labute approximate surface area is 137 Å². The Bertz CT molecular complexity index is 785. The number of hydrogen-bond acceptors (Lipinski definition) is 3. The Hall–Kier alpha value is -2.07. The Balaban J connectivity index is 1.78. The van der Waals surface area contributed by atoms with Crippen molar-refractivity contribution >= 4 is 11.0 Å². The molecular formula is C19H25N3O. The van der Waals surface area contributed by atoms with Crippen molar-refractivity contribution < 1.29 is 4.42 Å². The molecule has 0 aliphatic heterocycles. The second-order valence-corrected chi connectivity index (χ2v) is 6.46. The Morgan fingerprint density at radius 3 is 2.65 bits per heavy atom. The quantitative estimate of drug-likeness (QED) is 0.748. The van der Waals surface area contributed by atoms with Crippen LogP contribution in [0.3, 0.4) is 0 Å². The fourth-order valence-electron chi connectivity index (χ4n) is 3.12. The number of aromatic nitrogens is 2. The minimum absolute atomic E-state index is 0.218. The van der Waals surface area contributed by atoms with Crippen LogP contribution in [0.2, 0.25) is 0 Å². The normalized spacial score (nSPS) is 13.1. The van der Waals surface area contributed by atoms with E-state index in [0.29, 0.717) is 5.92 Å². The van der Waals surface area contributed by atoms with E-state index in [1.165, 1.54) is 16.6 Å². The van der Waals surface area contributed by atoms with Crippen molar-refractivity contribution in [1.82, 2.24) is 15.1 Å². The number of benzene rings is 1. The standard InChI is InChI=1S/C19H25N3O/c1-13(2)18(20-11-9-15-10-12-21-22(15)4)19-14(3)16-7-5-6-8-17(16)23-19/h5-8,10,12-13,18,20H,9,11H2,1-4H3.